The van der Waals surface area contributed by atoms with Crippen LogP contribution >= 0.6 is 11.6 Å². The van der Waals surface area contributed by atoms with E-state index in [2.05, 4.69) is 15.1 Å². The summed E-state index contributed by atoms with van der Waals surface area (Å²) in [6.45, 7) is 3.69. The van der Waals surface area contributed by atoms with Crippen molar-refractivity contribution in [2.75, 3.05) is 0 Å². The fourth-order valence-electron chi connectivity index (χ4n) is 2.11. The molecule has 0 aromatic carbocycles. The summed E-state index contributed by atoms with van der Waals surface area (Å²) in [5.41, 5.74) is -0.347. The van der Waals surface area contributed by atoms with E-state index >= 15 is 0 Å². The van der Waals surface area contributed by atoms with Crippen molar-refractivity contribution < 1.29 is 14.4 Å². The summed E-state index contributed by atoms with van der Waals surface area (Å²) < 4.78 is 5.16. The first-order chi connectivity index (χ1) is 10.0. The molecule has 2 heterocycles. The van der Waals surface area contributed by atoms with Crippen LogP contribution < -0.4 is 0 Å². The number of halogens is 1. The maximum atomic E-state index is 11.5. The molecule has 0 unspecified atom stereocenters. The summed E-state index contributed by atoms with van der Waals surface area (Å²) in [5, 5.41) is 13.8. The maximum Gasteiger partial charge on any atom is 0.310 e. The van der Waals surface area contributed by atoms with Gasteiger partial charge in [-0.2, -0.15) is 4.98 Å². The monoisotopic (exact) mass is 309 g/mol. The van der Waals surface area contributed by atoms with Crippen LogP contribution in [0.15, 0.2) is 22.9 Å². The molecule has 0 bridgehead atoms. The smallest absolute Gasteiger partial charge is 0.310 e. The van der Waals surface area contributed by atoms with Crippen molar-refractivity contribution in [3.63, 3.8) is 0 Å². The highest BCUT2D eigenvalue weighted by Gasteiger charge is 2.37. The highest BCUT2D eigenvalue weighted by molar-refractivity contribution is 6.30. The normalized spacial score (nSPS) is 11.6. The van der Waals surface area contributed by atoms with Crippen molar-refractivity contribution in [3.05, 3.63) is 29.2 Å². The van der Waals surface area contributed by atoms with Crippen LogP contribution in [0, 0.1) is 5.41 Å². The first-order valence-electron chi connectivity index (χ1n) is 6.68. The Morgan fingerprint density at radius 3 is 2.62 bits per heavy atom. The second-order valence-electron chi connectivity index (χ2n) is 4.84. The van der Waals surface area contributed by atoms with Gasteiger partial charge in [-0.05, 0) is 25.0 Å². The first kappa shape index (κ1) is 15.4. The van der Waals surface area contributed by atoms with Gasteiger partial charge in [0.1, 0.15) is 5.69 Å². The van der Waals surface area contributed by atoms with Crippen molar-refractivity contribution in [1.29, 1.82) is 0 Å². The topological polar surface area (TPSA) is 89.1 Å². The van der Waals surface area contributed by atoms with Gasteiger partial charge in [0, 0.05) is 12.6 Å². The molecule has 0 aliphatic rings. The molecule has 112 valence electrons. The van der Waals surface area contributed by atoms with Crippen molar-refractivity contribution >= 4 is 17.6 Å². The van der Waals surface area contributed by atoms with Crippen LogP contribution in [0.5, 0.6) is 0 Å². The van der Waals surface area contributed by atoms with Gasteiger partial charge in [0.2, 0.25) is 11.7 Å². The molecule has 0 radical (unpaired) electrons. The Kier molecular flexibility index (Phi) is 4.57. The van der Waals surface area contributed by atoms with Gasteiger partial charge in [-0.1, -0.05) is 30.6 Å². The molecule has 0 saturated heterocycles. The lowest BCUT2D eigenvalue weighted by Gasteiger charge is -2.24. The van der Waals surface area contributed by atoms with Crippen LogP contribution in [0.1, 0.15) is 32.6 Å². The van der Waals surface area contributed by atoms with Gasteiger partial charge in [-0.15, -0.1) is 0 Å². The van der Waals surface area contributed by atoms with Crippen molar-refractivity contribution in [2.24, 2.45) is 5.41 Å². The second-order valence-corrected chi connectivity index (χ2v) is 5.28. The molecule has 0 saturated carbocycles. The van der Waals surface area contributed by atoms with Gasteiger partial charge in [0.25, 0.3) is 0 Å². The Balaban J connectivity index is 2.23. The molecule has 0 aliphatic heterocycles. The Bertz CT molecular complexity index is 621. The number of rotatable bonds is 6. The van der Waals surface area contributed by atoms with Gasteiger partial charge in [-0.25, -0.2) is 0 Å². The van der Waals surface area contributed by atoms with E-state index in [-0.39, 0.29) is 6.42 Å². The van der Waals surface area contributed by atoms with Gasteiger partial charge in [0.15, 0.2) is 0 Å². The molecule has 0 aliphatic carbocycles. The Morgan fingerprint density at radius 2 is 2.10 bits per heavy atom. The zero-order valence-corrected chi connectivity index (χ0v) is 12.6. The number of aromatic nitrogens is 3. The zero-order chi connectivity index (χ0) is 15.5. The Morgan fingerprint density at radius 1 is 1.38 bits per heavy atom. The summed E-state index contributed by atoms with van der Waals surface area (Å²) in [6, 6.07) is 3.36. The number of nitrogens with zero attached hydrogens (tertiary/aromatic N) is 3. The van der Waals surface area contributed by atoms with Crippen molar-refractivity contribution in [2.45, 2.75) is 33.1 Å². The largest absolute Gasteiger partial charge is 0.481 e. The second kappa shape index (κ2) is 6.22. The minimum Gasteiger partial charge on any atom is -0.481 e. The minimum atomic E-state index is -0.878. The summed E-state index contributed by atoms with van der Waals surface area (Å²) >= 11 is 5.77. The number of aliphatic carboxylic acids is 1. The summed E-state index contributed by atoms with van der Waals surface area (Å²) in [5.74, 6) is -0.224. The molecule has 21 heavy (non-hydrogen) atoms. The molecule has 6 nitrogen and oxygen atoms in total. The van der Waals surface area contributed by atoms with E-state index in [0.29, 0.717) is 35.3 Å². The standard InChI is InChI=1S/C14H16ClN3O3/c1-3-14(4-2,13(19)20)7-11-17-12(18-21-11)10-6-5-9(15)8-16-10/h5-6,8H,3-4,7H2,1-2H3,(H,19,20). The van der Waals surface area contributed by atoms with E-state index in [0.717, 1.165) is 0 Å². The van der Waals surface area contributed by atoms with Gasteiger partial charge in [-0.3, -0.25) is 9.78 Å². The van der Waals surface area contributed by atoms with E-state index in [1.54, 1.807) is 12.1 Å². The van der Waals surface area contributed by atoms with Crippen LogP contribution in [0.2, 0.25) is 5.02 Å². The Hall–Kier alpha value is -1.95. The summed E-state index contributed by atoms with van der Waals surface area (Å²) in [7, 11) is 0. The molecule has 7 heteroatoms. The Labute approximate surface area is 127 Å². The third-order valence-electron chi connectivity index (χ3n) is 3.72. The van der Waals surface area contributed by atoms with Crippen LogP contribution in [0.25, 0.3) is 11.5 Å². The molecule has 0 atom stereocenters. The molecule has 2 aromatic heterocycles. The number of pyridine rings is 1. The van der Waals surface area contributed by atoms with Gasteiger partial charge in [0.05, 0.1) is 10.4 Å². The van der Waals surface area contributed by atoms with E-state index in [4.69, 9.17) is 16.1 Å². The number of hydrogen-bond donors (Lipinski definition) is 1. The predicted octanol–water partition coefficient (Wildman–Crippen LogP) is 3.22. The van der Waals surface area contributed by atoms with Crippen LogP contribution in [-0.2, 0) is 11.2 Å². The molecule has 2 rings (SSSR count). The van der Waals surface area contributed by atoms with E-state index in [1.165, 1.54) is 6.20 Å². The molecule has 0 spiro atoms. The molecule has 0 amide bonds. The van der Waals surface area contributed by atoms with Crippen molar-refractivity contribution in [1.82, 2.24) is 15.1 Å². The van der Waals surface area contributed by atoms with E-state index < -0.39 is 11.4 Å². The average Bonchev–Trinajstić information content (AvgIpc) is 2.93. The zero-order valence-electron chi connectivity index (χ0n) is 11.8. The average molecular weight is 310 g/mol. The predicted molar refractivity (Wildman–Crippen MR) is 76.9 cm³/mol. The van der Waals surface area contributed by atoms with Crippen LogP contribution in [0.3, 0.4) is 0 Å². The van der Waals surface area contributed by atoms with Crippen LogP contribution in [0.4, 0.5) is 0 Å². The lowest BCUT2D eigenvalue weighted by atomic mass is 9.79. The van der Waals surface area contributed by atoms with Gasteiger partial charge >= 0.3 is 5.97 Å². The third kappa shape index (κ3) is 3.21. The number of carbonyl (C=O) groups is 1. The highest BCUT2D eigenvalue weighted by Crippen LogP contribution is 2.31. The van der Waals surface area contributed by atoms with E-state index in [1.807, 2.05) is 13.8 Å². The fraction of sp³-hybridized carbons (Fsp3) is 0.429. The van der Waals surface area contributed by atoms with Gasteiger partial charge < -0.3 is 9.63 Å². The first-order valence-corrected chi connectivity index (χ1v) is 7.06. The quantitative estimate of drug-likeness (QED) is 0.881. The summed E-state index contributed by atoms with van der Waals surface area (Å²) in [6.07, 6.45) is 2.69. The maximum absolute atomic E-state index is 11.5. The molecular weight excluding hydrogens is 294 g/mol. The molecule has 1 N–H and O–H groups in total. The highest BCUT2D eigenvalue weighted by atomic mass is 35.5. The number of carboxylic acid groups (broad SMARTS) is 1. The van der Waals surface area contributed by atoms with E-state index in [9.17, 15) is 9.90 Å². The minimum absolute atomic E-state index is 0.204. The lowest BCUT2D eigenvalue weighted by molar-refractivity contribution is -0.149. The third-order valence-corrected chi connectivity index (χ3v) is 3.94. The number of hydrogen-bond acceptors (Lipinski definition) is 5. The fourth-order valence-corrected chi connectivity index (χ4v) is 2.22. The SMILES string of the molecule is CCC(CC)(Cc1nc(-c2ccc(Cl)cn2)no1)C(=O)O. The molecular formula is C14H16ClN3O3. The lowest BCUT2D eigenvalue weighted by Crippen LogP contribution is -2.32. The van der Waals surface area contributed by atoms with Crippen molar-refractivity contribution in [3.8, 4) is 11.5 Å². The summed E-state index contributed by atoms with van der Waals surface area (Å²) in [4.78, 5) is 19.8. The van der Waals surface area contributed by atoms with Crippen LogP contribution in [-0.4, -0.2) is 26.2 Å². The molecule has 2 aromatic rings. The molecule has 0 fully saturated rings. The number of carboxylic acids is 1.